The molecule has 2 aliphatic rings. The van der Waals surface area contributed by atoms with Gasteiger partial charge in [-0.05, 0) is 43.7 Å². The number of carbonyl (C=O) groups is 1. The summed E-state index contributed by atoms with van der Waals surface area (Å²) in [6.07, 6.45) is 8.52. The first-order chi connectivity index (χ1) is 21.1. The molecule has 1 saturated heterocycles. The number of amides is 1. The lowest BCUT2D eigenvalue weighted by Gasteiger charge is -2.38. The molecule has 246 valence electrons. The van der Waals surface area contributed by atoms with Crippen molar-refractivity contribution in [2.75, 3.05) is 50.1 Å². The lowest BCUT2D eigenvalue weighted by Crippen LogP contribution is -2.43. The Kier molecular flexibility index (Phi) is 13.3. The summed E-state index contributed by atoms with van der Waals surface area (Å²) in [5.41, 5.74) is 1.19. The first-order valence-corrected chi connectivity index (χ1v) is 21.1. The Morgan fingerprint density at radius 1 is 1.14 bits per heavy atom. The van der Waals surface area contributed by atoms with Crippen molar-refractivity contribution < 1.29 is 19.4 Å². The molecule has 2 heterocycles. The van der Waals surface area contributed by atoms with Gasteiger partial charge in [-0.25, -0.2) is 4.79 Å². The number of anilines is 2. The summed E-state index contributed by atoms with van der Waals surface area (Å²) in [5.74, 6) is 2.58. The molecule has 1 amide bonds. The Bertz CT molecular complexity index is 1130. The van der Waals surface area contributed by atoms with Crippen LogP contribution in [-0.4, -0.2) is 85.0 Å². The molecule has 1 aliphatic heterocycles. The lowest BCUT2D eigenvalue weighted by molar-refractivity contribution is -0.0461. The van der Waals surface area contributed by atoms with Crippen molar-refractivity contribution >= 4 is 37.5 Å². The highest BCUT2D eigenvalue weighted by Crippen LogP contribution is 2.37. The minimum Gasteiger partial charge on any atom is -0.465 e. The van der Waals surface area contributed by atoms with Crippen molar-refractivity contribution in [1.82, 2.24) is 13.6 Å². The van der Waals surface area contributed by atoms with Crippen LogP contribution in [0.1, 0.15) is 70.0 Å². The van der Waals surface area contributed by atoms with E-state index in [9.17, 15) is 9.90 Å². The van der Waals surface area contributed by atoms with Crippen LogP contribution in [-0.2, 0) is 9.47 Å². The van der Waals surface area contributed by atoms with Gasteiger partial charge in [0.2, 0.25) is 0 Å². The SMILES string of the molecule is COC(C)COC(c1ccccc1)C1CCCN(c2nsnc2N[C@H](CC2CCCCC2)CN(CC[Si](C)(C)C)C(=O)O)C1. The number of carboxylic acid groups (broad SMARTS) is 1. The molecule has 44 heavy (non-hydrogen) atoms. The van der Waals surface area contributed by atoms with Crippen LogP contribution in [0.2, 0.25) is 25.7 Å². The minimum atomic E-state index is -1.38. The normalized spacial score (nSPS) is 20.2. The highest BCUT2D eigenvalue weighted by molar-refractivity contribution is 6.99. The summed E-state index contributed by atoms with van der Waals surface area (Å²) in [7, 11) is 0.344. The monoisotopic (exact) mass is 645 g/mol. The van der Waals surface area contributed by atoms with Crippen LogP contribution in [0.5, 0.6) is 0 Å². The van der Waals surface area contributed by atoms with E-state index in [-0.39, 0.29) is 18.2 Å². The summed E-state index contributed by atoms with van der Waals surface area (Å²) in [6, 6.07) is 11.5. The van der Waals surface area contributed by atoms with Gasteiger partial charge in [0.1, 0.15) is 0 Å². The number of nitrogens with one attached hydrogen (secondary N) is 1. The number of methoxy groups -OCH3 is 1. The lowest BCUT2D eigenvalue weighted by atomic mass is 9.84. The van der Waals surface area contributed by atoms with E-state index in [4.69, 9.17) is 18.2 Å². The number of piperidine rings is 1. The molecular weight excluding hydrogens is 591 g/mol. The van der Waals surface area contributed by atoms with Gasteiger partial charge in [-0.15, -0.1) is 0 Å². The quantitative estimate of drug-likeness (QED) is 0.180. The second kappa shape index (κ2) is 16.9. The highest BCUT2D eigenvalue weighted by Gasteiger charge is 2.33. The smallest absolute Gasteiger partial charge is 0.407 e. The molecule has 11 heteroatoms. The first-order valence-electron chi connectivity index (χ1n) is 16.6. The average molecular weight is 646 g/mol. The zero-order valence-electron chi connectivity index (χ0n) is 27.5. The molecule has 0 bridgehead atoms. The van der Waals surface area contributed by atoms with Crippen molar-refractivity contribution in [2.24, 2.45) is 11.8 Å². The van der Waals surface area contributed by atoms with Gasteiger partial charge in [0.25, 0.3) is 0 Å². The molecule has 1 aromatic carbocycles. The molecule has 2 fully saturated rings. The van der Waals surface area contributed by atoms with Crippen LogP contribution in [0.15, 0.2) is 30.3 Å². The predicted octanol–water partition coefficient (Wildman–Crippen LogP) is 7.62. The average Bonchev–Trinajstić information content (AvgIpc) is 3.48. The van der Waals surface area contributed by atoms with Gasteiger partial charge < -0.3 is 29.7 Å². The van der Waals surface area contributed by atoms with E-state index in [1.54, 1.807) is 12.0 Å². The van der Waals surface area contributed by atoms with Crippen molar-refractivity contribution in [3.05, 3.63) is 35.9 Å². The third-order valence-corrected chi connectivity index (χ3v) is 11.5. The standard InChI is InChI=1S/C33H55N5O4SSi/c1-25(41-2)24-42-30(27-15-10-7-11-16-27)28-17-12-18-37(22-28)32-31(35-43-36-32)34-29(21-26-13-8-6-9-14-26)23-38(33(39)40)19-20-44(3,4)5/h7,10-11,15-16,25-26,28-30H,6,8-9,12-14,17-24H2,1-5H3,(H,34,35)(H,39,40)/t25?,28?,29-,30?/m1/s1. The number of hydrogen-bond acceptors (Lipinski definition) is 8. The van der Waals surface area contributed by atoms with E-state index in [1.807, 2.05) is 13.0 Å². The molecule has 1 saturated carbocycles. The van der Waals surface area contributed by atoms with Crippen LogP contribution in [0.3, 0.4) is 0 Å². The number of aromatic nitrogens is 2. The van der Waals surface area contributed by atoms with Gasteiger partial charge in [-0.1, -0.05) is 82.1 Å². The predicted molar refractivity (Wildman–Crippen MR) is 183 cm³/mol. The number of ether oxygens (including phenoxy) is 2. The van der Waals surface area contributed by atoms with Gasteiger partial charge in [-0.2, -0.15) is 8.75 Å². The molecule has 3 unspecified atom stereocenters. The van der Waals surface area contributed by atoms with Crippen LogP contribution < -0.4 is 10.2 Å². The minimum absolute atomic E-state index is 0.00463. The van der Waals surface area contributed by atoms with Gasteiger partial charge in [-0.3, -0.25) is 0 Å². The van der Waals surface area contributed by atoms with Crippen LogP contribution in [0.4, 0.5) is 16.4 Å². The topological polar surface area (TPSA) is 100 Å². The largest absolute Gasteiger partial charge is 0.465 e. The molecule has 2 N–H and O–H groups in total. The maximum Gasteiger partial charge on any atom is 0.407 e. The van der Waals surface area contributed by atoms with E-state index < -0.39 is 14.2 Å². The molecule has 1 aliphatic carbocycles. The summed E-state index contributed by atoms with van der Waals surface area (Å²) < 4.78 is 21.5. The summed E-state index contributed by atoms with van der Waals surface area (Å²) in [4.78, 5) is 16.3. The van der Waals surface area contributed by atoms with Crippen LogP contribution >= 0.6 is 11.7 Å². The van der Waals surface area contributed by atoms with Crippen molar-refractivity contribution in [3.8, 4) is 0 Å². The number of nitrogens with zero attached hydrogens (tertiary/aromatic N) is 4. The van der Waals surface area contributed by atoms with Crippen LogP contribution in [0, 0.1) is 11.8 Å². The van der Waals surface area contributed by atoms with Gasteiger partial charge in [0, 0.05) is 53.3 Å². The maximum absolute atomic E-state index is 12.4. The van der Waals surface area contributed by atoms with Crippen molar-refractivity contribution in [3.63, 3.8) is 0 Å². The van der Waals surface area contributed by atoms with E-state index in [1.165, 1.54) is 49.4 Å². The number of hydrogen-bond donors (Lipinski definition) is 2. The molecule has 2 aromatic rings. The molecule has 4 rings (SSSR count). The van der Waals surface area contributed by atoms with Gasteiger partial charge >= 0.3 is 6.09 Å². The molecule has 0 radical (unpaired) electrons. The van der Waals surface area contributed by atoms with E-state index in [0.717, 1.165) is 50.0 Å². The first kappa shape index (κ1) is 34.7. The Morgan fingerprint density at radius 3 is 2.57 bits per heavy atom. The fourth-order valence-corrected chi connectivity index (χ4v) is 8.06. The number of rotatable bonds is 16. The Morgan fingerprint density at radius 2 is 1.89 bits per heavy atom. The van der Waals surface area contributed by atoms with Gasteiger partial charge in [0.05, 0.1) is 30.5 Å². The third-order valence-electron chi connectivity index (χ3n) is 9.22. The van der Waals surface area contributed by atoms with E-state index >= 15 is 0 Å². The van der Waals surface area contributed by atoms with Crippen molar-refractivity contribution in [1.29, 1.82) is 0 Å². The fourth-order valence-electron chi connectivity index (χ4n) is 6.59. The van der Waals surface area contributed by atoms with Crippen molar-refractivity contribution in [2.45, 2.75) is 102 Å². The Hall–Kier alpha value is -2.21. The van der Waals surface area contributed by atoms with E-state index in [2.05, 4.69) is 54.1 Å². The second-order valence-corrected chi connectivity index (χ2v) is 20.3. The molecule has 4 atom stereocenters. The zero-order valence-corrected chi connectivity index (χ0v) is 29.4. The Labute approximate surface area is 270 Å². The van der Waals surface area contributed by atoms with Gasteiger partial charge in [0.15, 0.2) is 11.6 Å². The molecule has 1 aromatic heterocycles. The molecular formula is C33H55N5O4SSi. The summed E-state index contributed by atoms with van der Waals surface area (Å²) in [5, 5.41) is 13.9. The Balaban J connectivity index is 1.50. The fraction of sp³-hybridized carbons (Fsp3) is 0.727. The van der Waals surface area contributed by atoms with E-state index in [0.29, 0.717) is 31.5 Å². The maximum atomic E-state index is 12.4. The number of benzene rings is 1. The highest BCUT2D eigenvalue weighted by atomic mass is 32.1. The molecule has 0 spiro atoms. The third kappa shape index (κ3) is 10.7. The molecule has 9 nitrogen and oxygen atoms in total. The second-order valence-electron chi connectivity index (χ2n) is 14.1. The summed E-state index contributed by atoms with van der Waals surface area (Å²) in [6.45, 7) is 12.3. The summed E-state index contributed by atoms with van der Waals surface area (Å²) >= 11 is 1.23. The zero-order chi connectivity index (χ0) is 31.5. The van der Waals surface area contributed by atoms with Crippen LogP contribution in [0.25, 0.3) is 0 Å².